The Labute approximate surface area is 143 Å². The van der Waals surface area contributed by atoms with Crippen molar-refractivity contribution in [2.24, 2.45) is 5.92 Å². The Kier molecular flexibility index (Phi) is 4.48. The molecule has 1 aromatic carbocycles. The summed E-state index contributed by atoms with van der Waals surface area (Å²) in [4.78, 5) is 5.96. The van der Waals surface area contributed by atoms with E-state index in [1.165, 1.54) is 22.2 Å². The molecule has 0 saturated carbocycles. The molecule has 0 aliphatic carbocycles. The monoisotopic (exact) mass is 329 g/mol. The number of fused-ring (bicyclic) bond motifs is 3. The SMILES string of the molecule is COc1ccc2[nH]c3c(c2c1)CN(CC(O)C1CCNCC1)CC3. The normalized spacial score (nSPS) is 20.9. The lowest BCUT2D eigenvalue weighted by molar-refractivity contribution is 0.0463. The molecule has 3 heterocycles. The van der Waals surface area contributed by atoms with Crippen molar-refractivity contribution in [1.29, 1.82) is 0 Å². The fraction of sp³-hybridized carbons (Fsp3) is 0.579. The van der Waals surface area contributed by atoms with E-state index in [2.05, 4.69) is 27.3 Å². The van der Waals surface area contributed by atoms with Gasteiger partial charge in [0.2, 0.25) is 0 Å². The molecule has 2 aromatic rings. The van der Waals surface area contributed by atoms with Crippen LogP contribution in [0.15, 0.2) is 18.2 Å². The van der Waals surface area contributed by atoms with E-state index in [0.717, 1.165) is 57.7 Å². The molecule has 0 amide bonds. The molecule has 0 spiro atoms. The molecule has 5 heteroatoms. The Morgan fingerprint density at radius 1 is 1.33 bits per heavy atom. The van der Waals surface area contributed by atoms with E-state index in [1.807, 2.05) is 6.07 Å². The molecule has 5 nitrogen and oxygen atoms in total. The summed E-state index contributed by atoms with van der Waals surface area (Å²) in [6.07, 6.45) is 2.98. The van der Waals surface area contributed by atoms with E-state index in [9.17, 15) is 5.11 Å². The fourth-order valence-electron chi connectivity index (χ4n) is 4.17. The third-order valence-electron chi connectivity index (χ3n) is 5.63. The van der Waals surface area contributed by atoms with E-state index < -0.39 is 0 Å². The van der Waals surface area contributed by atoms with Gasteiger partial charge in [0.15, 0.2) is 0 Å². The zero-order valence-corrected chi connectivity index (χ0v) is 14.3. The number of H-pyrrole nitrogens is 1. The van der Waals surface area contributed by atoms with E-state index in [-0.39, 0.29) is 6.10 Å². The maximum absolute atomic E-state index is 10.6. The zero-order chi connectivity index (χ0) is 16.5. The van der Waals surface area contributed by atoms with Crippen molar-refractivity contribution in [3.63, 3.8) is 0 Å². The first kappa shape index (κ1) is 15.9. The van der Waals surface area contributed by atoms with Gasteiger partial charge in [0.05, 0.1) is 13.2 Å². The molecule has 4 rings (SSSR count). The lowest BCUT2D eigenvalue weighted by atomic mass is 9.91. The number of aliphatic hydroxyl groups is 1. The number of nitrogens with zero attached hydrogens (tertiary/aromatic N) is 1. The van der Waals surface area contributed by atoms with Gasteiger partial charge in [0.1, 0.15) is 5.75 Å². The second-order valence-corrected chi connectivity index (χ2v) is 7.13. The van der Waals surface area contributed by atoms with Gasteiger partial charge in [-0.2, -0.15) is 0 Å². The van der Waals surface area contributed by atoms with Crippen molar-refractivity contribution < 1.29 is 9.84 Å². The Bertz CT molecular complexity index is 706. The lowest BCUT2D eigenvalue weighted by Gasteiger charge is -2.33. The summed E-state index contributed by atoms with van der Waals surface area (Å²) >= 11 is 0. The minimum absolute atomic E-state index is 0.214. The quantitative estimate of drug-likeness (QED) is 0.802. The van der Waals surface area contributed by atoms with Crippen LogP contribution in [0, 0.1) is 5.92 Å². The first-order chi connectivity index (χ1) is 11.7. The number of piperidine rings is 1. The van der Waals surface area contributed by atoms with Crippen molar-refractivity contribution in [1.82, 2.24) is 15.2 Å². The predicted molar refractivity (Wildman–Crippen MR) is 95.4 cm³/mol. The van der Waals surface area contributed by atoms with Crippen LogP contribution >= 0.6 is 0 Å². The number of aliphatic hydroxyl groups excluding tert-OH is 1. The Morgan fingerprint density at radius 3 is 2.96 bits per heavy atom. The maximum atomic E-state index is 10.6. The largest absolute Gasteiger partial charge is 0.497 e. The van der Waals surface area contributed by atoms with Gasteiger partial charge in [0, 0.05) is 42.7 Å². The van der Waals surface area contributed by atoms with Gasteiger partial charge < -0.3 is 20.1 Å². The molecule has 0 bridgehead atoms. The molecular formula is C19H27N3O2. The highest BCUT2D eigenvalue weighted by atomic mass is 16.5. The summed E-state index contributed by atoms with van der Waals surface area (Å²) in [7, 11) is 1.71. The second-order valence-electron chi connectivity index (χ2n) is 7.13. The molecule has 1 aromatic heterocycles. The highest BCUT2D eigenvalue weighted by Crippen LogP contribution is 2.31. The molecule has 24 heavy (non-hydrogen) atoms. The molecule has 3 N–H and O–H groups in total. The minimum atomic E-state index is -0.214. The van der Waals surface area contributed by atoms with Gasteiger partial charge in [-0.15, -0.1) is 0 Å². The highest BCUT2D eigenvalue weighted by molar-refractivity contribution is 5.86. The van der Waals surface area contributed by atoms with Crippen LogP contribution in [0.25, 0.3) is 10.9 Å². The maximum Gasteiger partial charge on any atom is 0.119 e. The zero-order valence-electron chi connectivity index (χ0n) is 14.3. The molecule has 2 aliphatic rings. The molecule has 130 valence electrons. The molecule has 1 fully saturated rings. The number of aromatic nitrogens is 1. The van der Waals surface area contributed by atoms with Crippen molar-refractivity contribution in [3.05, 3.63) is 29.5 Å². The van der Waals surface area contributed by atoms with Crippen molar-refractivity contribution >= 4 is 10.9 Å². The van der Waals surface area contributed by atoms with Gasteiger partial charge in [-0.3, -0.25) is 4.90 Å². The van der Waals surface area contributed by atoms with Crippen molar-refractivity contribution in [2.45, 2.75) is 31.9 Å². The summed E-state index contributed by atoms with van der Waals surface area (Å²) in [5, 5.41) is 15.3. The molecule has 0 radical (unpaired) electrons. The molecule has 1 saturated heterocycles. The first-order valence-electron chi connectivity index (χ1n) is 9.03. The van der Waals surface area contributed by atoms with Crippen molar-refractivity contribution in [3.8, 4) is 5.75 Å². The Morgan fingerprint density at radius 2 is 2.17 bits per heavy atom. The number of nitrogens with one attached hydrogen (secondary N) is 2. The van der Waals surface area contributed by atoms with Crippen molar-refractivity contribution in [2.75, 3.05) is 33.3 Å². The van der Waals surface area contributed by atoms with Crippen LogP contribution in [0.3, 0.4) is 0 Å². The Balaban J connectivity index is 1.50. The molecule has 1 atom stereocenters. The minimum Gasteiger partial charge on any atom is -0.497 e. The van der Waals surface area contributed by atoms with Crippen LogP contribution in [-0.4, -0.2) is 54.4 Å². The van der Waals surface area contributed by atoms with Crippen LogP contribution in [0.1, 0.15) is 24.1 Å². The number of hydrogen-bond donors (Lipinski definition) is 3. The van der Waals surface area contributed by atoms with Crippen LogP contribution in [0.2, 0.25) is 0 Å². The number of rotatable bonds is 4. The van der Waals surface area contributed by atoms with Gasteiger partial charge in [-0.05, 0) is 55.6 Å². The van der Waals surface area contributed by atoms with Gasteiger partial charge >= 0.3 is 0 Å². The van der Waals surface area contributed by atoms with Gasteiger partial charge in [-0.1, -0.05) is 0 Å². The fourth-order valence-corrected chi connectivity index (χ4v) is 4.17. The van der Waals surface area contributed by atoms with Gasteiger partial charge in [-0.25, -0.2) is 0 Å². The summed E-state index contributed by atoms with van der Waals surface area (Å²) in [6.45, 7) is 4.77. The highest BCUT2D eigenvalue weighted by Gasteiger charge is 2.26. The predicted octanol–water partition coefficient (Wildman–Crippen LogP) is 1.90. The third kappa shape index (κ3) is 3.04. The lowest BCUT2D eigenvalue weighted by Crippen LogP contribution is -2.42. The Hall–Kier alpha value is -1.56. The smallest absolute Gasteiger partial charge is 0.119 e. The number of aromatic amines is 1. The van der Waals surface area contributed by atoms with Gasteiger partial charge in [0.25, 0.3) is 0 Å². The summed E-state index contributed by atoms with van der Waals surface area (Å²) in [6, 6.07) is 6.22. The topological polar surface area (TPSA) is 60.5 Å². The standard InChI is InChI=1S/C19H27N3O2/c1-24-14-2-3-17-15(10-14)16-11-22(9-6-18(16)21-17)12-19(23)13-4-7-20-8-5-13/h2-3,10,13,19-21,23H,4-9,11-12H2,1H3. The van der Waals surface area contributed by atoms with E-state index >= 15 is 0 Å². The number of β-amino-alcohol motifs (C(OH)–C–C–N with tert-alkyl or cyclic N) is 1. The number of ether oxygens (including phenoxy) is 1. The second kappa shape index (κ2) is 6.75. The molecule has 2 aliphatic heterocycles. The average molecular weight is 329 g/mol. The summed E-state index contributed by atoms with van der Waals surface area (Å²) < 4.78 is 5.38. The number of methoxy groups -OCH3 is 1. The van der Waals surface area contributed by atoms with Crippen LogP contribution in [-0.2, 0) is 13.0 Å². The van der Waals surface area contributed by atoms with Crippen LogP contribution < -0.4 is 10.1 Å². The number of benzene rings is 1. The van der Waals surface area contributed by atoms with Crippen LogP contribution in [0.4, 0.5) is 0 Å². The molecule has 1 unspecified atom stereocenters. The summed E-state index contributed by atoms with van der Waals surface area (Å²) in [5.74, 6) is 1.34. The van der Waals surface area contributed by atoms with Crippen LogP contribution in [0.5, 0.6) is 5.75 Å². The van der Waals surface area contributed by atoms with E-state index in [0.29, 0.717) is 5.92 Å². The third-order valence-corrected chi connectivity index (χ3v) is 5.63. The molecular weight excluding hydrogens is 302 g/mol. The van der Waals surface area contributed by atoms with E-state index in [4.69, 9.17) is 4.74 Å². The first-order valence-corrected chi connectivity index (χ1v) is 9.03. The summed E-state index contributed by atoms with van der Waals surface area (Å²) in [5.41, 5.74) is 3.89. The van der Waals surface area contributed by atoms with E-state index in [1.54, 1.807) is 7.11 Å². The number of hydrogen-bond acceptors (Lipinski definition) is 4. The average Bonchev–Trinajstić information content (AvgIpc) is 2.99.